The van der Waals surface area contributed by atoms with Crippen LogP contribution in [-0.2, 0) is 15.7 Å². The Morgan fingerprint density at radius 1 is 1.11 bits per heavy atom. The highest BCUT2D eigenvalue weighted by atomic mass is 19.4. The Kier molecular flexibility index (Phi) is 3.88. The highest BCUT2D eigenvalue weighted by molar-refractivity contribution is 5.78. The average molecular weight is 262 g/mol. The maximum absolute atomic E-state index is 12.3. The van der Waals surface area contributed by atoms with Crippen molar-refractivity contribution in [2.24, 2.45) is 0 Å². The zero-order chi connectivity index (χ0) is 14.0. The second-order valence-corrected chi connectivity index (χ2v) is 4.13. The predicted octanol–water partition coefficient (Wildman–Crippen LogP) is 3.04. The normalized spacial score (nSPS) is 12.1. The van der Waals surface area contributed by atoms with E-state index in [1.807, 2.05) is 0 Å². The number of carbonyl (C=O) groups excluding carboxylic acids is 1. The van der Waals surface area contributed by atoms with E-state index in [-0.39, 0.29) is 5.75 Å². The lowest BCUT2D eigenvalue weighted by Crippen LogP contribution is -2.39. The van der Waals surface area contributed by atoms with E-state index in [2.05, 4.69) is 4.74 Å². The van der Waals surface area contributed by atoms with Gasteiger partial charge in [0.2, 0.25) is 0 Å². The van der Waals surface area contributed by atoms with Gasteiger partial charge in [-0.1, -0.05) is 0 Å². The van der Waals surface area contributed by atoms with Crippen LogP contribution in [0.25, 0.3) is 0 Å². The van der Waals surface area contributed by atoms with E-state index < -0.39 is 23.3 Å². The molecule has 1 aromatic carbocycles. The first-order valence-corrected chi connectivity index (χ1v) is 5.11. The Hall–Kier alpha value is -1.72. The van der Waals surface area contributed by atoms with Crippen LogP contribution in [0.5, 0.6) is 5.75 Å². The zero-order valence-electron chi connectivity index (χ0n) is 10.2. The lowest BCUT2D eigenvalue weighted by Gasteiger charge is -2.23. The number of ether oxygens (including phenoxy) is 2. The van der Waals surface area contributed by atoms with Crippen molar-refractivity contribution in [1.82, 2.24) is 0 Å². The first-order chi connectivity index (χ1) is 8.16. The average Bonchev–Trinajstić information content (AvgIpc) is 2.26. The highest BCUT2D eigenvalue weighted by Gasteiger charge is 2.32. The van der Waals surface area contributed by atoms with Crippen LogP contribution in [0.3, 0.4) is 0 Å². The molecule has 0 saturated carbocycles. The van der Waals surface area contributed by atoms with E-state index in [1.165, 1.54) is 21.0 Å². The molecule has 6 heteroatoms. The number of esters is 1. The number of hydrogen-bond donors (Lipinski definition) is 0. The smallest absolute Gasteiger partial charge is 0.416 e. The quantitative estimate of drug-likeness (QED) is 0.785. The van der Waals surface area contributed by atoms with Crippen LogP contribution in [0.15, 0.2) is 24.3 Å². The molecule has 0 radical (unpaired) electrons. The molecule has 0 bridgehead atoms. The van der Waals surface area contributed by atoms with E-state index in [4.69, 9.17) is 4.74 Å². The fourth-order valence-corrected chi connectivity index (χ4v) is 1.29. The van der Waals surface area contributed by atoms with Crippen molar-refractivity contribution < 1.29 is 27.4 Å². The van der Waals surface area contributed by atoms with Gasteiger partial charge in [-0.25, -0.2) is 4.79 Å². The fourth-order valence-electron chi connectivity index (χ4n) is 1.29. The molecule has 0 aliphatic carbocycles. The number of alkyl halides is 3. The maximum atomic E-state index is 12.3. The molecule has 0 aliphatic rings. The summed E-state index contributed by atoms with van der Waals surface area (Å²) in [5, 5.41) is 0. The first-order valence-electron chi connectivity index (χ1n) is 5.11. The summed E-state index contributed by atoms with van der Waals surface area (Å²) in [5.41, 5.74) is -2.03. The van der Waals surface area contributed by atoms with Crippen molar-refractivity contribution in [3.8, 4) is 5.75 Å². The van der Waals surface area contributed by atoms with Crippen molar-refractivity contribution in [1.29, 1.82) is 0 Å². The Morgan fingerprint density at radius 2 is 1.61 bits per heavy atom. The summed E-state index contributed by atoms with van der Waals surface area (Å²) >= 11 is 0. The number of benzene rings is 1. The molecular formula is C12H13F3O3. The van der Waals surface area contributed by atoms with E-state index in [9.17, 15) is 18.0 Å². The summed E-state index contributed by atoms with van der Waals surface area (Å²) < 4.78 is 46.8. The number of methoxy groups -OCH3 is 1. The van der Waals surface area contributed by atoms with Crippen LogP contribution in [-0.4, -0.2) is 18.7 Å². The monoisotopic (exact) mass is 262 g/mol. The lowest BCUT2D eigenvalue weighted by molar-refractivity contribution is -0.156. The molecule has 100 valence electrons. The molecule has 0 fully saturated rings. The molecule has 0 atom stereocenters. The molecule has 1 aromatic rings. The Bertz CT molecular complexity index is 421. The van der Waals surface area contributed by atoms with Gasteiger partial charge in [-0.05, 0) is 38.1 Å². The third kappa shape index (κ3) is 3.38. The van der Waals surface area contributed by atoms with Crippen LogP contribution in [0, 0.1) is 0 Å². The molecule has 0 spiro atoms. The maximum Gasteiger partial charge on any atom is 0.416 e. The molecule has 1 rings (SSSR count). The van der Waals surface area contributed by atoms with Crippen molar-refractivity contribution >= 4 is 5.97 Å². The van der Waals surface area contributed by atoms with Gasteiger partial charge >= 0.3 is 12.1 Å². The third-order valence-electron chi connectivity index (χ3n) is 2.23. The van der Waals surface area contributed by atoms with Crippen LogP contribution >= 0.6 is 0 Å². The Morgan fingerprint density at radius 3 is 2.00 bits per heavy atom. The number of rotatable bonds is 3. The number of halogens is 3. The molecule has 0 saturated heterocycles. The van der Waals surface area contributed by atoms with Gasteiger partial charge in [-0.3, -0.25) is 0 Å². The van der Waals surface area contributed by atoms with E-state index in [0.29, 0.717) is 0 Å². The van der Waals surface area contributed by atoms with Crippen molar-refractivity contribution in [3.63, 3.8) is 0 Å². The van der Waals surface area contributed by atoms with Gasteiger partial charge in [0.15, 0.2) is 5.60 Å². The van der Waals surface area contributed by atoms with Gasteiger partial charge in [0.25, 0.3) is 0 Å². The van der Waals surface area contributed by atoms with Gasteiger partial charge < -0.3 is 9.47 Å². The predicted molar refractivity (Wildman–Crippen MR) is 58.2 cm³/mol. The second kappa shape index (κ2) is 4.88. The summed E-state index contributed by atoms with van der Waals surface area (Å²) in [4.78, 5) is 11.3. The van der Waals surface area contributed by atoms with Crippen molar-refractivity contribution in [2.45, 2.75) is 25.6 Å². The molecule has 0 amide bonds. The fraction of sp³-hybridized carbons (Fsp3) is 0.417. The molecular weight excluding hydrogens is 249 g/mol. The SMILES string of the molecule is COC(=O)C(C)(C)Oc1ccc(C(F)(F)F)cc1. The van der Waals surface area contributed by atoms with E-state index >= 15 is 0 Å². The van der Waals surface area contributed by atoms with Gasteiger partial charge in [0.1, 0.15) is 5.75 Å². The topological polar surface area (TPSA) is 35.5 Å². The minimum atomic E-state index is -4.39. The van der Waals surface area contributed by atoms with Crippen molar-refractivity contribution in [2.75, 3.05) is 7.11 Å². The lowest BCUT2D eigenvalue weighted by atomic mass is 10.1. The zero-order valence-corrected chi connectivity index (χ0v) is 10.2. The molecule has 18 heavy (non-hydrogen) atoms. The van der Waals surface area contributed by atoms with E-state index in [1.54, 1.807) is 0 Å². The van der Waals surface area contributed by atoms with Gasteiger partial charge in [0, 0.05) is 0 Å². The molecule has 0 aromatic heterocycles. The summed E-state index contributed by atoms with van der Waals surface area (Å²) in [6.07, 6.45) is -4.39. The minimum absolute atomic E-state index is 0.165. The first kappa shape index (κ1) is 14.3. The van der Waals surface area contributed by atoms with Gasteiger partial charge in [-0.15, -0.1) is 0 Å². The van der Waals surface area contributed by atoms with E-state index in [0.717, 1.165) is 24.3 Å². The van der Waals surface area contributed by atoms with Crippen LogP contribution in [0.1, 0.15) is 19.4 Å². The number of carbonyl (C=O) groups is 1. The van der Waals surface area contributed by atoms with Gasteiger partial charge in [-0.2, -0.15) is 13.2 Å². The summed E-state index contributed by atoms with van der Waals surface area (Å²) in [6.45, 7) is 2.94. The van der Waals surface area contributed by atoms with Crippen LogP contribution < -0.4 is 4.74 Å². The summed E-state index contributed by atoms with van der Waals surface area (Å²) in [5.74, 6) is -0.444. The molecule has 0 heterocycles. The van der Waals surface area contributed by atoms with Crippen LogP contribution in [0.2, 0.25) is 0 Å². The Labute approximate surface area is 103 Å². The summed E-state index contributed by atoms with van der Waals surface area (Å²) in [6, 6.07) is 4.10. The Balaban J connectivity index is 2.85. The standard InChI is InChI=1S/C12H13F3O3/c1-11(2,10(16)17-3)18-9-6-4-8(5-7-9)12(13,14)15/h4-7H,1-3H3. The van der Waals surface area contributed by atoms with Gasteiger partial charge in [0.05, 0.1) is 12.7 Å². The van der Waals surface area contributed by atoms with Crippen molar-refractivity contribution in [3.05, 3.63) is 29.8 Å². The third-order valence-corrected chi connectivity index (χ3v) is 2.23. The number of hydrogen-bond acceptors (Lipinski definition) is 3. The molecule has 0 aliphatic heterocycles. The molecule has 0 N–H and O–H groups in total. The second-order valence-electron chi connectivity index (χ2n) is 4.13. The largest absolute Gasteiger partial charge is 0.476 e. The minimum Gasteiger partial charge on any atom is -0.476 e. The molecule has 3 nitrogen and oxygen atoms in total. The highest BCUT2D eigenvalue weighted by Crippen LogP contribution is 2.31. The summed E-state index contributed by atoms with van der Waals surface area (Å²) in [7, 11) is 1.21. The van der Waals surface area contributed by atoms with Crippen LogP contribution in [0.4, 0.5) is 13.2 Å². The molecule has 0 unspecified atom stereocenters.